The molecule has 2 aromatic rings. The lowest BCUT2D eigenvalue weighted by Crippen LogP contribution is -2.21. The van der Waals surface area contributed by atoms with Crippen LogP contribution in [0.25, 0.3) is 0 Å². The Morgan fingerprint density at radius 1 is 1.24 bits per heavy atom. The Morgan fingerprint density at radius 2 is 1.90 bits per heavy atom. The molecule has 0 fully saturated rings. The molecule has 0 saturated heterocycles. The lowest BCUT2D eigenvalue weighted by molar-refractivity contribution is 0.354. The maximum atomic E-state index is 6.44. The van der Waals surface area contributed by atoms with E-state index in [1.165, 1.54) is 4.88 Å². The Kier molecular flexibility index (Phi) is 5.93. The minimum atomic E-state index is 0.0265. The van der Waals surface area contributed by atoms with Crippen molar-refractivity contribution in [3.8, 4) is 11.5 Å². The summed E-state index contributed by atoms with van der Waals surface area (Å²) in [5.74, 6) is 1.31. The summed E-state index contributed by atoms with van der Waals surface area (Å²) in [6, 6.07) is 7.89. The van der Waals surface area contributed by atoms with Crippen LogP contribution in [-0.4, -0.2) is 20.8 Å². The van der Waals surface area contributed by atoms with Crippen molar-refractivity contribution in [2.75, 3.05) is 20.8 Å². The van der Waals surface area contributed by atoms with E-state index in [1.54, 1.807) is 31.6 Å². The first-order valence-corrected chi connectivity index (χ1v) is 8.49. The van der Waals surface area contributed by atoms with Crippen molar-refractivity contribution >= 4 is 38.9 Å². The predicted molar refractivity (Wildman–Crippen MR) is 92.1 cm³/mol. The Morgan fingerprint density at radius 3 is 2.43 bits per heavy atom. The zero-order valence-electron chi connectivity index (χ0n) is 12.1. The van der Waals surface area contributed by atoms with Crippen LogP contribution < -0.4 is 14.8 Å². The van der Waals surface area contributed by atoms with Gasteiger partial charge in [0.1, 0.15) is 0 Å². The van der Waals surface area contributed by atoms with Crippen LogP contribution >= 0.6 is 38.9 Å². The molecule has 114 valence electrons. The Balaban J connectivity index is 2.49. The third-order valence-corrected chi connectivity index (χ3v) is 5.12. The summed E-state index contributed by atoms with van der Waals surface area (Å²) in [5.41, 5.74) is 0.977. The average Bonchev–Trinajstić information content (AvgIpc) is 2.91. The standard InChI is InChI=1S/C15H17BrClNO2S/c1-4-18-15(13-5-6-14(16)21-13)9-7-11(19-2)12(20-3)8-10(9)17/h5-8,15,18H,4H2,1-3H3. The van der Waals surface area contributed by atoms with Crippen molar-refractivity contribution in [2.45, 2.75) is 13.0 Å². The first kappa shape index (κ1) is 16.6. The molecule has 0 aliphatic heterocycles. The molecule has 0 bridgehead atoms. The largest absolute Gasteiger partial charge is 0.493 e. The fourth-order valence-electron chi connectivity index (χ4n) is 2.14. The molecule has 1 atom stereocenters. The highest BCUT2D eigenvalue weighted by Gasteiger charge is 2.20. The summed E-state index contributed by atoms with van der Waals surface area (Å²) in [7, 11) is 3.23. The van der Waals surface area contributed by atoms with Gasteiger partial charge in [0, 0.05) is 16.0 Å². The van der Waals surface area contributed by atoms with E-state index in [0.29, 0.717) is 16.5 Å². The summed E-state index contributed by atoms with van der Waals surface area (Å²) in [6.07, 6.45) is 0. The molecule has 3 nitrogen and oxygen atoms in total. The minimum Gasteiger partial charge on any atom is -0.493 e. The summed E-state index contributed by atoms with van der Waals surface area (Å²) < 4.78 is 11.8. The molecular weight excluding hydrogens is 374 g/mol. The van der Waals surface area contributed by atoms with Crippen LogP contribution in [0, 0.1) is 0 Å². The summed E-state index contributed by atoms with van der Waals surface area (Å²) in [5, 5.41) is 4.12. The molecule has 0 aliphatic carbocycles. The van der Waals surface area contributed by atoms with E-state index in [1.807, 2.05) is 12.1 Å². The van der Waals surface area contributed by atoms with Gasteiger partial charge in [-0.3, -0.25) is 0 Å². The monoisotopic (exact) mass is 389 g/mol. The number of ether oxygens (including phenoxy) is 2. The molecule has 2 rings (SSSR count). The molecule has 1 aromatic heterocycles. The Bertz CT molecular complexity index is 618. The molecule has 1 unspecified atom stereocenters. The number of nitrogens with one attached hydrogen (secondary N) is 1. The first-order chi connectivity index (χ1) is 10.1. The quantitative estimate of drug-likeness (QED) is 0.762. The second-order valence-electron chi connectivity index (χ2n) is 4.36. The highest BCUT2D eigenvalue weighted by atomic mass is 79.9. The van der Waals surface area contributed by atoms with Gasteiger partial charge < -0.3 is 14.8 Å². The zero-order valence-corrected chi connectivity index (χ0v) is 15.2. The number of thiophene rings is 1. The third kappa shape index (κ3) is 3.72. The summed E-state index contributed by atoms with van der Waals surface area (Å²) in [4.78, 5) is 1.19. The second kappa shape index (κ2) is 7.49. The van der Waals surface area contributed by atoms with Crippen molar-refractivity contribution in [3.05, 3.63) is 43.5 Å². The normalized spacial score (nSPS) is 12.2. The van der Waals surface area contributed by atoms with Gasteiger partial charge in [0.05, 0.1) is 24.0 Å². The van der Waals surface area contributed by atoms with Gasteiger partial charge in [-0.1, -0.05) is 18.5 Å². The van der Waals surface area contributed by atoms with E-state index >= 15 is 0 Å². The summed E-state index contributed by atoms with van der Waals surface area (Å²) >= 11 is 11.6. The summed E-state index contributed by atoms with van der Waals surface area (Å²) in [6.45, 7) is 2.91. The predicted octanol–water partition coefficient (Wildman–Crippen LogP) is 4.88. The van der Waals surface area contributed by atoms with E-state index in [2.05, 4.69) is 34.2 Å². The van der Waals surface area contributed by atoms with E-state index in [9.17, 15) is 0 Å². The van der Waals surface area contributed by atoms with Gasteiger partial charge in [-0.25, -0.2) is 0 Å². The van der Waals surface area contributed by atoms with Crippen molar-refractivity contribution in [3.63, 3.8) is 0 Å². The van der Waals surface area contributed by atoms with Crippen LogP contribution in [0.2, 0.25) is 5.02 Å². The third-order valence-electron chi connectivity index (χ3n) is 3.10. The zero-order chi connectivity index (χ0) is 15.4. The van der Waals surface area contributed by atoms with Crippen molar-refractivity contribution in [2.24, 2.45) is 0 Å². The smallest absolute Gasteiger partial charge is 0.162 e. The van der Waals surface area contributed by atoms with Crippen LogP contribution in [0.4, 0.5) is 0 Å². The van der Waals surface area contributed by atoms with Crippen LogP contribution in [0.1, 0.15) is 23.4 Å². The molecule has 0 saturated carbocycles. The van der Waals surface area contributed by atoms with Gasteiger partial charge in [0.15, 0.2) is 11.5 Å². The lowest BCUT2D eigenvalue weighted by Gasteiger charge is -2.20. The van der Waals surface area contributed by atoms with Crippen LogP contribution in [0.3, 0.4) is 0 Å². The number of hydrogen-bond acceptors (Lipinski definition) is 4. The van der Waals surface area contributed by atoms with Gasteiger partial charge in [0.25, 0.3) is 0 Å². The van der Waals surface area contributed by atoms with Gasteiger partial charge in [-0.05, 0) is 46.2 Å². The van der Waals surface area contributed by atoms with Crippen molar-refractivity contribution in [1.29, 1.82) is 0 Å². The maximum absolute atomic E-state index is 6.44. The molecule has 0 aliphatic rings. The van der Waals surface area contributed by atoms with E-state index < -0.39 is 0 Å². The van der Waals surface area contributed by atoms with E-state index in [0.717, 1.165) is 15.9 Å². The molecule has 1 N–H and O–H groups in total. The van der Waals surface area contributed by atoms with Gasteiger partial charge >= 0.3 is 0 Å². The number of benzene rings is 1. The molecule has 0 amide bonds. The number of rotatable bonds is 6. The highest BCUT2D eigenvalue weighted by Crippen LogP contribution is 2.39. The fraction of sp³-hybridized carbons (Fsp3) is 0.333. The molecule has 1 heterocycles. The van der Waals surface area contributed by atoms with Crippen LogP contribution in [0.15, 0.2) is 28.1 Å². The molecular formula is C15H17BrClNO2S. The number of halogens is 2. The van der Waals surface area contributed by atoms with Gasteiger partial charge in [-0.2, -0.15) is 0 Å². The fourth-order valence-corrected chi connectivity index (χ4v) is 3.92. The van der Waals surface area contributed by atoms with Crippen LogP contribution in [0.5, 0.6) is 11.5 Å². The minimum absolute atomic E-state index is 0.0265. The molecule has 0 spiro atoms. The molecule has 6 heteroatoms. The van der Waals surface area contributed by atoms with Gasteiger partial charge in [0.2, 0.25) is 0 Å². The average molecular weight is 391 g/mol. The molecule has 21 heavy (non-hydrogen) atoms. The Hall–Kier alpha value is -0.750. The van der Waals surface area contributed by atoms with E-state index in [-0.39, 0.29) is 6.04 Å². The van der Waals surface area contributed by atoms with Crippen molar-refractivity contribution in [1.82, 2.24) is 5.32 Å². The number of hydrogen-bond donors (Lipinski definition) is 1. The maximum Gasteiger partial charge on any atom is 0.162 e. The Labute approximate surface area is 142 Å². The molecule has 0 radical (unpaired) electrons. The van der Waals surface area contributed by atoms with Gasteiger partial charge in [-0.15, -0.1) is 11.3 Å². The molecule has 1 aromatic carbocycles. The SMILES string of the molecule is CCNC(c1ccc(Br)s1)c1cc(OC)c(OC)cc1Cl. The lowest BCUT2D eigenvalue weighted by atomic mass is 10.0. The highest BCUT2D eigenvalue weighted by molar-refractivity contribution is 9.11. The topological polar surface area (TPSA) is 30.5 Å². The first-order valence-electron chi connectivity index (χ1n) is 6.50. The van der Waals surface area contributed by atoms with Crippen molar-refractivity contribution < 1.29 is 9.47 Å². The number of methoxy groups -OCH3 is 2. The van der Waals surface area contributed by atoms with Crippen LogP contribution in [-0.2, 0) is 0 Å². The van der Waals surface area contributed by atoms with E-state index in [4.69, 9.17) is 21.1 Å². The second-order valence-corrected chi connectivity index (χ2v) is 7.26.